The van der Waals surface area contributed by atoms with Gasteiger partial charge in [-0.15, -0.1) is 11.8 Å². The van der Waals surface area contributed by atoms with Crippen molar-refractivity contribution in [2.75, 3.05) is 26.1 Å². The molecular formula is C11H16N2O2S. The van der Waals surface area contributed by atoms with Crippen LogP contribution < -0.4 is 10.6 Å². The molecule has 1 aliphatic carbocycles. The summed E-state index contributed by atoms with van der Waals surface area (Å²) in [4.78, 5) is 13.0. The lowest BCUT2D eigenvalue weighted by molar-refractivity contribution is -0.122. The highest BCUT2D eigenvalue weighted by Crippen LogP contribution is 2.31. The molecule has 1 amide bonds. The largest absolute Gasteiger partial charge is 0.383 e. The van der Waals surface area contributed by atoms with Crippen molar-refractivity contribution in [3.63, 3.8) is 0 Å². The fourth-order valence-corrected chi connectivity index (χ4v) is 2.75. The average molecular weight is 240 g/mol. The number of amides is 1. The van der Waals surface area contributed by atoms with Gasteiger partial charge in [0.15, 0.2) is 0 Å². The van der Waals surface area contributed by atoms with Gasteiger partial charge in [0.1, 0.15) is 0 Å². The van der Waals surface area contributed by atoms with E-state index in [1.807, 2.05) is 12.2 Å². The average Bonchev–Trinajstić information content (AvgIpc) is 2.76. The first-order valence-electron chi connectivity index (χ1n) is 5.34. The summed E-state index contributed by atoms with van der Waals surface area (Å²) in [5.74, 6) is 0.848. The summed E-state index contributed by atoms with van der Waals surface area (Å²) in [6, 6.07) is 0.327. The van der Waals surface area contributed by atoms with Crippen molar-refractivity contribution < 1.29 is 9.53 Å². The highest BCUT2D eigenvalue weighted by Gasteiger charge is 2.25. The quantitative estimate of drug-likeness (QED) is 0.554. The maximum absolute atomic E-state index is 11.8. The van der Waals surface area contributed by atoms with E-state index in [4.69, 9.17) is 4.74 Å². The molecule has 2 atom stereocenters. The van der Waals surface area contributed by atoms with Crippen LogP contribution in [-0.4, -0.2) is 38.1 Å². The number of nitrogens with one attached hydrogen (secondary N) is 2. The van der Waals surface area contributed by atoms with E-state index >= 15 is 0 Å². The van der Waals surface area contributed by atoms with E-state index in [9.17, 15) is 4.79 Å². The van der Waals surface area contributed by atoms with E-state index in [-0.39, 0.29) is 11.8 Å². The Morgan fingerprint density at radius 3 is 3.38 bits per heavy atom. The van der Waals surface area contributed by atoms with Crippen LogP contribution in [-0.2, 0) is 9.53 Å². The SMILES string of the molecule is COCCNC(=O)C1C=CC2NCSC2=C1. The second-order valence-corrected chi connectivity index (χ2v) is 4.78. The zero-order valence-electron chi connectivity index (χ0n) is 9.23. The van der Waals surface area contributed by atoms with E-state index in [0.29, 0.717) is 19.2 Å². The molecule has 0 aromatic heterocycles. The zero-order valence-corrected chi connectivity index (χ0v) is 10.0. The van der Waals surface area contributed by atoms with Gasteiger partial charge in [-0.3, -0.25) is 10.1 Å². The number of hydrogen-bond donors (Lipinski definition) is 2. The number of fused-ring (bicyclic) bond motifs is 1. The van der Waals surface area contributed by atoms with E-state index in [0.717, 1.165) is 5.88 Å². The lowest BCUT2D eigenvalue weighted by Crippen LogP contribution is -2.33. The second-order valence-electron chi connectivity index (χ2n) is 3.73. The molecule has 88 valence electrons. The van der Waals surface area contributed by atoms with E-state index in [1.54, 1.807) is 18.9 Å². The molecule has 5 heteroatoms. The summed E-state index contributed by atoms with van der Waals surface area (Å²) in [6.07, 6.45) is 6.06. The Morgan fingerprint density at radius 1 is 1.69 bits per heavy atom. The van der Waals surface area contributed by atoms with E-state index < -0.39 is 0 Å². The van der Waals surface area contributed by atoms with Gasteiger partial charge in [-0.2, -0.15) is 0 Å². The lowest BCUT2D eigenvalue weighted by Gasteiger charge is -2.17. The number of carbonyl (C=O) groups is 1. The smallest absolute Gasteiger partial charge is 0.230 e. The van der Waals surface area contributed by atoms with E-state index in [1.165, 1.54) is 4.91 Å². The number of carbonyl (C=O) groups excluding carboxylic acids is 1. The summed E-state index contributed by atoms with van der Waals surface area (Å²) < 4.78 is 4.89. The first-order chi connectivity index (χ1) is 7.81. The first kappa shape index (κ1) is 11.7. The van der Waals surface area contributed by atoms with Crippen molar-refractivity contribution in [3.05, 3.63) is 23.1 Å². The molecule has 2 rings (SSSR count). The molecule has 0 aromatic carbocycles. The topological polar surface area (TPSA) is 50.4 Å². The van der Waals surface area contributed by atoms with Crippen LogP contribution in [0.1, 0.15) is 0 Å². The normalized spacial score (nSPS) is 27.4. The summed E-state index contributed by atoms with van der Waals surface area (Å²) in [6.45, 7) is 1.12. The summed E-state index contributed by atoms with van der Waals surface area (Å²) in [5.41, 5.74) is 0. The third kappa shape index (κ3) is 2.66. The maximum Gasteiger partial charge on any atom is 0.230 e. The molecule has 2 N–H and O–H groups in total. The highest BCUT2D eigenvalue weighted by molar-refractivity contribution is 8.03. The molecule has 1 fully saturated rings. The Morgan fingerprint density at radius 2 is 2.56 bits per heavy atom. The Bertz CT molecular complexity index is 328. The lowest BCUT2D eigenvalue weighted by atomic mass is 10.00. The molecule has 1 saturated heterocycles. The molecule has 1 aliphatic heterocycles. The van der Waals surface area contributed by atoms with E-state index in [2.05, 4.69) is 16.7 Å². The molecule has 1 heterocycles. The van der Waals surface area contributed by atoms with Crippen LogP contribution >= 0.6 is 11.8 Å². The van der Waals surface area contributed by atoms with Crippen LogP contribution in [0.4, 0.5) is 0 Å². The maximum atomic E-state index is 11.8. The van der Waals surface area contributed by atoms with Crippen molar-refractivity contribution in [3.8, 4) is 0 Å². The fourth-order valence-electron chi connectivity index (χ4n) is 1.74. The predicted octanol–water partition coefficient (Wildman–Crippen LogP) is 0.481. The minimum Gasteiger partial charge on any atom is -0.383 e. The van der Waals surface area contributed by atoms with Crippen molar-refractivity contribution in [2.24, 2.45) is 5.92 Å². The van der Waals surface area contributed by atoms with Gasteiger partial charge in [0.25, 0.3) is 0 Å². The van der Waals surface area contributed by atoms with Gasteiger partial charge in [-0.1, -0.05) is 18.2 Å². The van der Waals surface area contributed by atoms with Gasteiger partial charge in [-0.25, -0.2) is 0 Å². The monoisotopic (exact) mass is 240 g/mol. The van der Waals surface area contributed by atoms with Crippen LogP contribution in [0.15, 0.2) is 23.1 Å². The van der Waals surface area contributed by atoms with Gasteiger partial charge in [-0.05, 0) is 0 Å². The standard InChI is InChI=1S/C11H16N2O2S/c1-15-5-4-12-11(14)8-2-3-9-10(6-8)16-7-13-9/h2-3,6,8-9,13H,4-5,7H2,1H3,(H,12,14). The minimum atomic E-state index is -0.129. The van der Waals surface area contributed by atoms with Crippen LogP contribution in [0.5, 0.6) is 0 Å². The van der Waals surface area contributed by atoms with Crippen LogP contribution in [0, 0.1) is 5.92 Å². The van der Waals surface area contributed by atoms with Gasteiger partial charge < -0.3 is 10.1 Å². The first-order valence-corrected chi connectivity index (χ1v) is 6.32. The molecule has 0 aromatic rings. The second kappa shape index (κ2) is 5.52. The molecular weight excluding hydrogens is 224 g/mol. The third-order valence-corrected chi connectivity index (χ3v) is 3.65. The molecule has 2 aliphatic rings. The third-order valence-electron chi connectivity index (χ3n) is 2.61. The Labute approximate surface area is 99.5 Å². The van der Waals surface area contributed by atoms with Crippen molar-refractivity contribution in [1.29, 1.82) is 0 Å². The number of rotatable bonds is 4. The van der Waals surface area contributed by atoms with Crippen LogP contribution in [0.3, 0.4) is 0 Å². The molecule has 0 saturated carbocycles. The minimum absolute atomic E-state index is 0.0479. The molecule has 16 heavy (non-hydrogen) atoms. The Kier molecular flexibility index (Phi) is 4.04. The molecule has 0 radical (unpaired) electrons. The Hall–Kier alpha value is -0.780. The summed E-state index contributed by atoms with van der Waals surface area (Å²) >= 11 is 1.77. The predicted molar refractivity (Wildman–Crippen MR) is 65.0 cm³/mol. The molecule has 0 bridgehead atoms. The van der Waals surface area contributed by atoms with Crippen molar-refractivity contribution in [2.45, 2.75) is 6.04 Å². The van der Waals surface area contributed by atoms with Crippen molar-refractivity contribution >= 4 is 17.7 Å². The molecule has 4 nitrogen and oxygen atoms in total. The van der Waals surface area contributed by atoms with Gasteiger partial charge in [0.05, 0.1) is 18.6 Å². The number of thioether (sulfide) groups is 1. The molecule has 0 spiro atoms. The van der Waals surface area contributed by atoms with Gasteiger partial charge in [0.2, 0.25) is 5.91 Å². The van der Waals surface area contributed by atoms with Crippen LogP contribution in [0.25, 0.3) is 0 Å². The fraction of sp³-hybridized carbons (Fsp3) is 0.545. The van der Waals surface area contributed by atoms with Crippen molar-refractivity contribution in [1.82, 2.24) is 10.6 Å². The van der Waals surface area contributed by atoms with Gasteiger partial charge in [0, 0.05) is 24.4 Å². The zero-order chi connectivity index (χ0) is 11.4. The highest BCUT2D eigenvalue weighted by atomic mass is 32.2. The molecule has 2 unspecified atom stereocenters. The van der Waals surface area contributed by atoms with Gasteiger partial charge >= 0.3 is 0 Å². The number of hydrogen-bond acceptors (Lipinski definition) is 4. The number of methoxy groups -OCH3 is 1. The Balaban J connectivity index is 1.88. The summed E-state index contributed by atoms with van der Waals surface area (Å²) in [7, 11) is 1.63. The number of ether oxygens (including phenoxy) is 1. The summed E-state index contributed by atoms with van der Waals surface area (Å²) in [5, 5.41) is 6.17. The van der Waals surface area contributed by atoms with Crippen LogP contribution in [0.2, 0.25) is 0 Å².